The summed E-state index contributed by atoms with van der Waals surface area (Å²) in [5, 5.41) is 0.704. The molecular weight excluding hydrogens is 284 g/mol. The Morgan fingerprint density at radius 2 is 2.14 bits per heavy atom. The van der Waals surface area contributed by atoms with Crippen molar-refractivity contribution in [1.82, 2.24) is 4.90 Å². The lowest BCUT2D eigenvalue weighted by molar-refractivity contribution is -0.131. The molecule has 2 N–H and O–H groups in total. The van der Waals surface area contributed by atoms with Crippen LogP contribution in [0.5, 0.6) is 0 Å². The van der Waals surface area contributed by atoms with Gasteiger partial charge in [-0.15, -0.1) is 0 Å². The molecule has 2 rings (SSSR count). The summed E-state index contributed by atoms with van der Waals surface area (Å²) >= 11 is 6.30. The number of rotatable bonds is 4. The van der Waals surface area contributed by atoms with Crippen LogP contribution in [0, 0.1) is 11.8 Å². The van der Waals surface area contributed by atoms with Gasteiger partial charge >= 0.3 is 0 Å². The molecule has 1 unspecified atom stereocenters. The van der Waals surface area contributed by atoms with Crippen LogP contribution in [0.15, 0.2) is 18.2 Å². The zero-order valence-corrected chi connectivity index (χ0v) is 13.7. The molecule has 0 radical (unpaired) electrons. The zero-order chi connectivity index (χ0) is 15.4. The molecule has 116 valence electrons. The standard InChI is InChI=1S/C17H25ClN2O/c1-12(2)14-5-6-17(21)20(8-7-14)11-15-4-3-13(10-19)9-16(15)18/h3-4,9,12,14H,5-8,10-11,19H2,1-2H3. The van der Waals surface area contributed by atoms with Gasteiger partial charge in [-0.3, -0.25) is 4.79 Å². The van der Waals surface area contributed by atoms with E-state index in [1.165, 1.54) is 0 Å². The Morgan fingerprint density at radius 1 is 1.38 bits per heavy atom. The second-order valence-corrected chi connectivity index (χ2v) is 6.68. The third-order valence-corrected chi connectivity index (χ3v) is 4.86. The summed E-state index contributed by atoms with van der Waals surface area (Å²) in [5.41, 5.74) is 7.64. The number of nitrogens with two attached hydrogens (primary N) is 1. The highest BCUT2D eigenvalue weighted by Crippen LogP contribution is 2.27. The molecule has 0 aromatic heterocycles. The van der Waals surface area contributed by atoms with Crippen molar-refractivity contribution in [3.05, 3.63) is 34.3 Å². The lowest BCUT2D eigenvalue weighted by Crippen LogP contribution is -2.30. The van der Waals surface area contributed by atoms with Crippen molar-refractivity contribution in [2.75, 3.05) is 6.54 Å². The van der Waals surface area contributed by atoms with Crippen molar-refractivity contribution in [2.24, 2.45) is 17.6 Å². The fraction of sp³-hybridized carbons (Fsp3) is 0.588. The first-order valence-corrected chi connectivity index (χ1v) is 8.14. The minimum absolute atomic E-state index is 0.247. The summed E-state index contributed by atoms with van der Waals surface area (Å²) in [6.07, 6.45) is 2.75. The SMILES string of the molecule is CC(C)C1CCC(=O)N(Cc2ccc(CN)cc2Cl)CC1. The van der Waals surface area contributed by atoms with E-state index in [0.717, 1.165) is 30.5 Å². The van der Waals surface area contributed by atoms with E-state index in [9.17, 15) is 4.79 Å². The van der Waals surface area contributed by atoms with E-state index < -0.39 is 0 Å². The molecule has 21 heavy (non-hydrogen) atoms. The number of carbonyl (C=O) groups excluding carboxylic acids is 1. The van der Waals surface area contributed by atoms with E-state index in [0.29, 0.717) is 36.4 Å². The minimum Gasteiger partial charge on any atom is -0.338 e. The van der Waals surface area contributed by atoms with Gasteiger partial charge in [0.25, 0.3) is 0 Å². The first kappa shape index (κ1) is 16.3. The first-order valence-electron chi connectivity index (χ1n) is 7.76. The van der Waals surface area contributed by atoms with Crippen molar-refractivity contribution >= 4 is 17.5 Å². The van der Waals surface area contributed by atoms with Gasteiger partial charge in [-0.2, -0.15) is 0 Å². The maximum Gasteiger partial charge on any atom is 0.222 e. The van der Waals surface area contributed by atoms with Crippen LogP contribution in [0.1, 0.15) is 44.2 Å². The first-order chi connectivity index (χ1) is 10.0. The molecule has 1 heterocycles. The van der Waals surface area contributed by atoms with E-state index in [1.807, 2.05) is 23.1 Å². The van der Waals surface area contributed by atoms with Gasteiger partial charge in [0.15, 0.2) is 0 Å². The van der Waals surface area contributed by atoms with E-state index in [-0.39, 0.29) is 5.91 Å². The molecule has 0 spiro atoms. The Hall–Kier alpha value is -1.06. The summed E-state index contributed by atoms with van der Waals surface area (Å²) in [6.45, 7) is 6.41. The van der Waals surface area contributed by atoms with Crippen LogP contribution in [0.3, 0.4) is 0 Å². The highest BCUT2D eigenvalue weighted by Gasteiger charge is 2.24. The average molecular weight is 309 g/mol. The van der Waals surface area contributed by atoms with Crippen LogP contribution in [0.25, 0.3) is 0 Å². The van der Waals surface area contributed by atoms with Crippen molar-refractivity contribution in [2.45, 2.75) is 46.2 Å². The normalized spacial score (nSPS) is 20.0. The predicted octanol–water partition coefficient (Wildman–Crippen LogP) is 3.58. The van der Waals surface area contributed by atoms with Crippen LogP contribution in [0.4, 0.5) is 0 Å². The minimum atomic E-state index is 0.247. The molecule has 1 aliphatic rings. The molecule has 1 aromatic rings. The average Bonchev–Trinajstić information content (AvgIpc) is 2.64. The van der Waals surface area contributed by atoms with Gasteiger partial charge < -0.3 is 10.6 Å². The highest BCUT2D eigenvalue weighted by atomic mass is 35.5. The molecule has 0 bridgehead atoms. The molecule has 0 saturated carbocycles. The number of amides is 1. The molecular formula is C17H25ClN2O. The topological polar surface area (TPSA) is 46.3 Å². The number of benzene rings is 1. The Kier molecular flexibility index (Phi) is 5.65. The van der Waals surface area contributed by atoms with Crippen LogP contribution >= 0.6 is 11.6 Å². The lowest BCUT2D eigenvalue weighted by Gasteiger charge is -2.22. The summed E-state index contributed by atoms with van der Waals surface area (Å²) < 4.78 is 0. The third kappa shape index (κ3) is 4.21. The molecule has 1 atom stereocenters. The van der Waals surface area contributed by atoms with Gasteiger partial charge in [-0.1, -0.05) is 37.6 Å². The molecule has 1 aromatic carbocycles. The van der Waals surface area contributed by atoms with Crippen LogP contribution in [-0.2, 0) is 17.9 Å². The second-order valence-electron chi connectivity index (χ2n) is 6.28. The van der Waals surface area contributed by atoms with Crippen LogP contribution in [-0.4, -0.2) is 17.4 Å². The van der Waals surface area contributed by atoms with Crippen molar-refractivity contribution < 1.29 is 4.79 Å². The molecule has 1 saturated heterocycles. The fourth-order valence-corrected chi connectivity index (χ4v) is 3.21. The maximum atomic E-state index is 12.3. The van der Waals surface area contributed by atoms with Crippen molar-refractivity contribution in [1.29, 1.82) is 0 Å². The summed E-state index contributed by atoms with van der Waals surface area (Å²) in [4.78, 5) is 14.2. The fourth-order valence-electron chi connectivity index (χ4n) is 2.94. The van der Waals surface area contributed by atoms with Gasteiger partial charge in [-0.25, -0.2) is 0 Å². The van der Waals surface area contributed by atoms with E-state index in [4.69, 9.17) is 17.3 Å². The van der Waals surface area contributed by atoms with Crippen molar-refractivity contribution in [3.63, 3.8) is 0 Å². The molecule has 3 nitrogen and oxygen atoms in total. The van der Waals surface area contributed by atoms with E-state index >= 15 is 0 Å². The molecule has 1 fully saturated rings. The van der Waals surface area contributed by atoms with Gasteiger partial charge in [0.1, 0.15) is 0 Å². The Morgan fingerprint density at radius 3 is 2.76 bits per heavy atom. The van der Waals surface area contributed by atoms with Crippen LogP contribution in [0.2, 0.25) is 5.02 Å². The lowest BCUT2D eigenvalue weighted by atomic mass is 9.89. The monoisotopic (exact) mass is 308 g/mol. The Bertz CT molecular complexity index is 502. The summed E-state index contributed by atoms with van der Waals surface area (Å²) in [5.74, 6) is 1.54. The maximum absolute atomic E-state index is 12.3. The molecule has 1 amide bonds. The number of nitrogens with zero attached hydrogens (tertiary/aromatic N) is 1. The zero-order valence-electron chi connectivity index (χ0n) is 12.9. The summed E-state index contributed by atoms with van der Waals surface area (Å²) in [6, 6.07) is 5.87. The smallest absolute Gasteiger partial charge is 0.222 e. The summed E-state index contributed by atoms with van der Waals surface area (Å²) in [7, 11) is 0. The molecule has 1 aliphatic heterocycles. The van der Waals surface area contributed by atoms with Crippen LogP contribution < -0.4 is 5.73 Å². The van der Waals surface area contributed by atoms with E-state index in [2.05, 4.69) is 13.8 Å². The van der Waals surface area contributed by atoms with Gasteiger partial charge in [0.05, 0.1) is 0 Å². The largest absolute Gasteiger partial charge is 0.338 e. The Labute approximate surface area is 132 Å². The van der Waals surface area contributed by atoms with Gasteiger partial charge in [-0.05, 0) is 41.9 Å². The number of hydrogen-bond acceptors (Lipinski definition) is 2. The number of hydrogen-bond donors (Lipinski definition) is 1. The van der Waals surface area contributed by atoms with Gasteiger partial charge in [0, 0.05) is 31.1 Å². The highest BCUT2D eigenvalue weighted by molar-refractivity contribution is 6.31. The molecule has 0 aliphatic carbocycles. The Balaban J connectivity index is 2.06. The second kappa shape index (κ2) is 7.28. The number of carbonyl (C=O) groups is 1. The van der Waals surface area contributed by atoms with E-state index in [1.54, 1.807) is 0 Å². The number of likely N-dealkylation sites (tertiary alicyclic amines) is 1. The third-order valence-electron chi connectivity index (χ3n) is 4.51. The van der Waals surface area contributed by atoms with Crippen molar-refractivity contribution in [3.8, 4) is 0 Å². The van der Waals surface area contributed by atoms with Gasteiger partial charge in [0.2, 0.25) is 5.91 Å². The quantitative estimate of drug-likeness (QED) is 0.924. The molecule has 4 heteroatoms. The predicted molar refractivity (Wildman–Crippen MR) is 86.9 cm³/mol. The number of halogens is 1.